The maximum atomic E-state index is 12.8. The summed E-state index contributed by atoms with van der Waals surface area (Å²) in [6.45, 7) is 2.01. The van der Waals surface area contributed by atoms with Gasteiger partial charge in [-0.2, -0.15) is 4.68 Å². The van der Waals surface area contributed by atoms with Gasteiger partial charge in [-0.3, -0.25) is 4.79 Å². The molecule has 4 rings (SSSR count). The van der Waals surface area contributed by atoms with E-state index < -0.39 is 0 Å². The van der Waals surface area contributed by atoms with Crippen molar-refractivity contribution in [2.75, 3.05) is 21.3 Å². The van der Waals surface area contributed by atoms with Crippen LogP contribution in [-0.4, -0.2) is 42.0 Å². The highest BCUT2D eigenvalue weighted by Gasteiger charge is 2.31. The molecular weight excluding hydrogens is 390 g/mol. The molecular formula is C21H21N3O4S. The minimum atomic E-state index is -0.127. The summed E-state index contributed by atoms with van der Waals surface area (Å²) in [6.07, 6.45) is 0.299. The molecule has 150 valence electrons. The fourth-order valence-corrected chi connectivity index (χ4v) is 4.46. The Kier molecular flexibility index (Phi) is 5.19. The average molecular weight is 411 g/mol. The number of hydrogen-bond donors (Lipinski definition) is 0. The molecule has 0 aliphatic carbocycles. The Hall–Kier alpha value is -3.00. The predicted molar refractivity (Wildman–Crippen MR) is 110 cm³/mol. The van der Waals surface area contributed by atoms with E-state index in [0.717, 1.165) is 16.7 Å². The first kappa shape index (κ1) is 19.3. The number of benzene rings is 2. The number of carbonyl (C=O) groups is 1. The van der Waals surface area contributed by atoms with Gasteiger partial charge in [0.25, 0.3) is 5.91 Å². The van der Waals surface area contributed by atoms with Crippen molar-refractivity contribution in [2.45, 2.75) is 23.8 Å². The number of methoxy groups -OCH3 is 3. The summed E-state index contributed by atoms with van der Waals surface area (Å²) in [7, 11) is 4.71. The van der Waals surface area contributed by atoms with Gasteiger partial charge in [-0.15, -0.1) is 5.10 Å². The lowest BCUT2D eigenvalue weighted by Crippen LogP contribution is -2.21. The van der Waals surface area contributed by atoms with E-state index in [1.807, 2.05) is 43.3 Å². The number of carbonyl (C=O) groups excluding carboxylic acids is 1. The lowest BCUT2D eigenvalue weighted by Gasteiger charge is -2.22. The topological polar surface area (TPSA) is 75.5 Å². The Labute approximate surface area is 173 Å². The van der Waals surface area contributed by atoms with E-state index in [-0.39, 0.29) is 11.2 Å². The molecule has 0 saturated carbocycles. The van der Waals surface area contributed by atoms with Crippen molar-refractivity contribution < 1.29 is 19.0 Å². The van der Waals surface area contributed by atoms with Gasteiger partial charge in [0.15, 0.2) is 22.5 Å². The van der Waals surface area contributed by atoms with E-state index in [9.17, 15) is 4.79 Å². The molecule has 1 aromatic heterocycles. The molecule has 0 saturated heterocycles. The summed E-state index contributed by atoms with van der Waals surface area (Å²) in [6, 6.07) is 11.7. The molecule has 7 nitrogen and oxygen atoms in total. The molecule has 2 heterocycles. The van der Waals surface area contributed by atoms with Crippen LogP contribution in [0.5, 0.6) is 17.2 Å². The first-order valence-electron chi connectivity index (χ1n) is 9.08. The Bertz CT molecular complexity index is 1050. The molecule has 0 N–H and O–H groups in total. The number of aryl methyl sites for hydroxylation is 1. The summed E-state index contributed by atoms with van der Waals surface area (Å²) in [5, 5.41) is 4.89. The normalized spacial score (nSPS) is 15.7. The van der Waals surface area contributed by atoms with Gasteiger partial charge in [-0.05, 0) is 30.7 Å². The maximum absolute atomic E-state index is 12.8. The fourth-order valence-electron chi connectivity index (χ4n) is 3.33. The highest BCUT2D eigenvalue weighted by molar-refractivity contribution is 7.99. The van der Waals surface area contributed by atoms with Gasteiger partial charge in [0.1, 0.15) is 0 Å². The van der Waals surface area contributed by atoms with Crippen LogP contribution in [0.3, 0.4) is 0 Å². The lowest BCUT2D eigenvalue weighted by molar-refractivity contribution is 0.0868. The van der Waals surface area contributed by atoms with Crippen LogP contribution in [0.1, 0.15) is 27.6 Å². The quantitative estimate of drug-likeness (QED) is 0.624. The van der Waals surface area contributed by atoms with Crippen LogP contribution < -0.4 is 14.2 Å². The van der Waals surface area contributed by atoms with E-state index in [0.29, 0.717) is 34.7 Å². The molecule has 1 aliphatic rings. The van der Waals surface area contributed by atoms with Crippen LogP contribution in [0.25, 0.3) is 11.4 Å². The van der Waals surface area contributed by atoms with Gasteiger partial charge in [-0.1, -0.05) is 35.5 Å². The van der Waals surface area contributed by atoms with Crippen LogP contribution in [-0.2, 0) is 0 Å². The van der Waals surface area contributed by atoms with E-state index in [1.54, 1.807) is 21.3 Å². The second-order valence-corrected chi connectivity index (χ2v) is 7.83. The van der Waals surface area contributed by atoms with E-state index in [2.05, 4.69) is 10.1 Å². The standard InChI is InChI=1S/C21H21N3O4S/c1-12-6-5-7-13(8-12)20-22-21-24(23-20)18(25)11-17(29-21)14-9-15(26-2)19(28-4)16(10-14)27-3/h5-10,17H,11H2,1-4H3. The summed E-state index contributed by atoms with van der Waals surface area (Å²) in [5.74, 6) is 2.10. The number of nitrogens with zero attached hydrogens (tertiary/aromatic N) is 3. The van der Waals surface area contributed by atoms with Gasteiger partial charge in [-0.25, -0.2) is 4.98 Å². The number of aromatic nitrogens is 3. The second-order valence-electron chi connectivity index (χ2n) is 6.66. The van der Waals surface area contributed by atoms with Gasteiger partial charge in [0, 0.05) is 17.2 Å². The molecule has 3 aromatic rings. The van der Waals surface area contributed by atoms with Gasteiger partial charge in [0.2, 0.25) is 5.75 Å². The Balaban J connectivity index is 1.70. The molecule has 0 spiro atoms. The largest absolute Gasteiger partial charge is 0.493 e. The monoisotopic (exact) mass is 411 g/mol. The molecule has 2 aromatic carbocycles. The molecule has 0 amide bonds. The number of hydrogen-bond acceptors (Lipinski definition) is 7. The first-order valence-corrected chi connectivity index (χ1v) is 9.96. The minimum absolute atomic E-state index is 0.0936. The predicted octanol–water partition coefficient (Wildman–Crippen LogP) is 4.16. The molecule has 1 aliphatic heterocycles. The van der Waals surface area contributed by atoms with Crippen molar-refractivity contribution in [1.29, 1.82) is 0 Å². The van der Waals surface area contributed by atoms with Crippen molar-refractivity contribution in [3.05, 3.63) is 47.5 Å². The summed E-state index contributed by atoms with van der Waals surface area (Å²) < 4.78 is 17.7. The zero-order chi connectivity index (χ0) is 20.5. The zero-order valence-electron chi connectivity index (χ0n) is 16.6. The molecule has 1 atom stereocenters. The van der Waals surface area contributed by atoms with Gasteiger partial charge in [0.05, 0.1) is 21.3 Å². The van der Waals surface area contributed by atoms with Crippen LogP contribution >= 0.6 is 11.8 Å². The Morgan fingerprint density at radius 2 is 1.79 bits per heavy atom. The van der Waals surface area contributed by atoms with E-state index in [4.69, 9.17) is 14.2 Å². The SMILES string of the molecule is COc1cc(C2CC(=O)n3nc(-c4cccc(C)c4)nc3S2)cc(OC)c1OC. The summed E-state index contributed by atoms with van der Waals surface area (Å²) >= 11 is 1.50. The molecule has 29 heavy (non-hydrogen) atoms. The second kappa shape index (κ2) is 7.79. The number of fused-ring (bicyclic) bond motifs is 1. The highest BCUT2D eigenvalue weighted by atomic mass is 32.2. The van der Waals surface area contributed by atoms with Crippen LogP contribution in [0.15, 0.2) is 41.6 Å². The third-order valence-corrected chi connectivity index (χ3v) is 5.95. The number of thioether (sulfide) groups is 1. The molecule has 0 fully saturated rings. The van der Waals surface area contributed by atoms with Gasteiger partial charge >= 0.3 is 0 Å². The third kappa shape index (κ3) is 3.55. The van der Waals surface area contributed by atoms with Crippen LogP contribution in [0.2, 0.25) is 0 Å². The summed E-state index contributed by atoms with van der Waals surface area (Å²) in [4.78, 5) is 17.4. The molecule has 8 heteroatoms. The fraction of sp³-hybridized carbons (Fsp3) is 0.286. The number of ether oxygens (including phenoxy) is 3. The van der Waals surface area contributed by atoms with Crippen LogP contribution in [0.4, 0.5) is 0 Å². The highest BCUT2D eigenvalue weighted by Crippen LogP contribution is 2.46. The molecule has 0 bridgehead atoms. The zero-order valence-corrected chi connectivity index (χ0v) is 17.4. The molecule has 1 unspecified atom stereocenters. The smallest absolute Gasteiger partial charge is 0.250 e. The number of rotatable bonds is 5. The van der Waals surface area contributed by atoms with Gasteiger partial charge < -0.3 is 14.2 Å². The minimum Gasteiger partial charge on any atom is -0.493 e. The summed E-state index contributed by atoms with van der Waals surface area (Å²) in [5.41, 5.74) is 2.92. The van der Waals surface area contributed by atoms with E-state index >= 15 is 0 Å². The maximum Gasteiger partial charge on any atom is 0.250 e. The Morgan fingerprint density at radius 3 is 2.41 bits per heavy atom. The molecule has 0 radical (unpaired) electrons. The first-order chi connectivity index (χ1) is 14.0. The average Bonchev–Trinajstić information content (AvgIpc) is 3.17. The van der Waals surface area contributed by atoms with Crippen molar-refractivity contribution in [1.82, 2.24) is 14.8 Å². The third-order valence-electron chi connectivity index (χ3n) is 4.76. The van der Waals surface area contributed by atoms with Crippen LogP contribution in [0, 0.1) is 6.92 Å². The van der Waals surface area contributed by atoms with E-state index in [1.165, 1.54) is 16.4 Å². The van der Waals surface area contributed by atoms with Crippen molar-refractivity contribution in [3.8, 4) is 28.6 Å². The van der Waals surface area contributed by atoms with Crippen molar-refractivity contribution in [2.24, 2.45) is 0 Å². The Morgan fingerprint density at radius 1 is 1.07 bits per heavy atom. The van der Waals surface area contributed by atoms with Crippen molar-refractivity contribution >= 4 is 17.7 Å². The van der Waals surface area contributed by atoms with Crippen molar-refractivity contribution in [3.63, 3.8) is 0 Å². The lowest BCUT2D eigenvalue weighted by atomic mass is 10.1.